The summed E-state index contributed by atoms with van der Waals surface area (Å²) in [6.45, 7) is -2.42. The molecule has 0 spiro atoms. The van der Waals surface area contributed by atoms with E-state index in [0.29, 0.717) is 0 Å². The number of aliphatic hydroxyl groups is 6. The molecule has 0 aliphatic rings. The lowest BCUT2D eigenvalue weighted by molar-refractivity contribution is -0.384. The molecular formula is C14H30N3O13P. The Labute approximate surface area is 176 Å². The number of phosphoric acid groups is 1. The second kappa shape index (κ2) is 15.9. The number of benzene rings is 1. The maximum Gasteiger partial charge on any atom is 0.524 e. The summed E-state index contributed by atoms with van der Waals surface area (Å²) in [6.07, 6.45) is 0. The van der Waals surface area contributed by atoms with Crippen LogP contribution in [0.3, 0.4) is 0 Å². The third-order valence-corrected chi connectivity index (χ3v) is 3.61. The summed E-state index contributed by atoms with van der Waals surface area (Å²) in [7, 11) is -4.60. The number of nitrogens with two attached hydrogens (primary N) is 2. The monoisotopic (exact) mass is 479 g/mol. The topological polar surface area (TPSA) is 315 Å². The zero-order valence-corrected chi connectivity index (χ0v) is 17.2. The Morgan fingerprint density at radius 3 is 1.29 bits per heavy atom. The van der Waals surface area contributed by atoms with Crippen LogP contribution in [-0.2, 0) is 4.57 Å². The predicted molar refractivity (Wildman–Crippen MR) is 106 cm³/mol. The van der Waals surface area contributed by atoms with Crippen molar-refractivity contribution in [3.8, 4) is 5.75 Å². The summed E-state index contributed by atoms with van der Waals surface area (Å²) in [5.41, 5.74) is 7.70. The summed E-state index contributed by atoms with van der Waals surface area (Å²) in [6, 6.07) is 4.39. The molecule has 0 aliphatic carbocycles. The van der Waals surface area contributed by atoms with E-state index in [1.807, 2.05) is 0 Å². The van der Waals surface area contributed by atoms with E-state index in [2.05, 4.69) is 4.52 Å². The molecule has 0 aliphatic heterocycles. The van der Waals surface area contributed by atoms with E-state index in [4.69, 9.17) is 51.9 Å². The van der Waals surface area contributed by atoms with E-state index >= 15 is 0 Å². The molecule has 184 valence electrons. The molecule has 0 atom stereocenters. The lowest BCUT2D eigenvalue weighted by Gasteiger charge is -2.20. The van der Waals surface area contributed by atoms with Crippen molar-refractivity contribution < 1.29 is 59.9 Å². The summed E-state index contributed by atoms with van der Waals surface area (Å²) in [5, 5.41) is 60.3. The Morgan fingerprint density at radius 2 is 1.13 bits per heavy atom. The van der Waals surface area contributed by atoms with E-state index in [1.165, 1.54) is 0 Å². The van der Waals surface area contributed by atoms with Crippen LogP contribution in [0.2, 0.25) is 0 Å². The van der Waals surface area contributed by atoms with Gasteiger partial charge < -0.3 is 52.1 Å². The zero-order valence-electron chi connectivity index (χ0n) is 16.3. The first-order valence-electron chi connectivity index (χ1n) is 7.98. The minimum atomic E-state index is -4.60. The molecule has 0 saturated heterocycles. The van der Waals surface area contributed by atoms with Crippen molar-refractivity contribution in [3.63, 3.8) is 0 Å². The van der Waals surface area contributed by atoms with Gasteiger partial charge in [-0.05, 0) is 12.1 Å². The number of non-ortho nitro benzene ring substituents is 1. The molecule has 0 saturated carbocycles. The first-order chi connectivity index (χ1) is 13.7. The van der Waals surface area contributed by atoms with Crippen molar-refractivity contribution in [2.45, 2.75) is 11.1 Å². The fourth-order valence-corrected chi connectivity index (χ4v) is 1.46. The van der Waals surface area contributed by atoms with Gasteiger partial charge in [0.05, 0.1) is 55.6 Å². The molecule has 1 rings (SSSR count). The second-order valence-electron chi connectivity index (χ2n) is 6.01. The Morgan fingerprint density at radius 1 is 0.839 bits per heavy atom. The second-order valence-corrected chi connectivity index (χ2v) is 7.17. The number of rotatable bonds is 9. The number of phosphoric ester groups is 1. The number of aliphatic hydroxyl groups excluding tert-OH is 6. The normalized spacial score (nSPS) is 11.2. The van der Waals surface area contributed by atoms with Crippen molar-refractivity contribution in [2.75, 3.05) is 39.6 Å². The Kier molecular flexibility index (Phi) is 17.4. The van der Waals surface area contributed by atoms with Gasteiger partial charge in [0, 0.05) is 12.1 Å². The molecule has 0 heterocycles. The highest BCUT2D eigenvalue weighted by molar-refractivity contribution is 7.46. The van der Waals surface area contributed by atoms with E-state index in [9.17, 15) is 14.7 Å². The van der Waals surface area contributed by atoms with Crippen LogP contribution in [0.5, 0.6) is 5.75 Å². The van der Waals surface area contributed by atoms with Crippen molar-refractivity contribution >= 4 is 13.5 Å². The molecule has 0 unspecified atom stereocenters. The lowest BCUT2D eigenvalue weighted by atomic mass is 10.1. The molecule has 0 amide bonds. The molecule has 14 N–H and O–H groups in total. The molecular weight excluding hydrogens is 449 g/mol. The minimum Gasteiger partial charge on any atom is -0.412 e. The third-order valence-electron chi connectivity index (χ3n) is 3.16. The number of nitrogens with zero attached hydrogens (tertiary/aromatic N) is 1. The van der Waals surface area contributed by atoms with Crippen LogP contribution in [0, 0.1) is 10.1 Å². The molecule has 31 heavy (non-hydrogen) atoms. The zero-order chi connectivity index (χ0) is 24.0. The highest BCUT2D eigenvalue weighted by atomic mass is 31.2. The number of nitro benzene ring substituents is 1. The smallest absolute Gasteiger partial charge is 0.412 e. The van der Waals surface area contributed by atoms with E-state index in [0.717, 1.165) is 24.3 Å². The first kappa shape index (κ1) is 33.8. The molecule has 16 nitrogen and oxygen atoms in total. The van der Waals surface area contributed by atoms with Gasteiger partial charge in [0.2, 0.25) is 0 Å². The fourth-order valence-electron chi connectivity index (χ4n) is 1.07. The highest BCUT2D eigenvalue weighted by Gasteiger charge is 2.21. The van der Waals surface area contributed by atoms with E-state index < -0.39 is 63.5 Å². The average molecular weight is 479 g/mol. The van der Waals surface area contributed by atoms with Gasteiger partial charge in [0.1, 0.15) is 5.75 Å². The number of hydrogen-bond acceptors (Lipinski definition) is 12. The molecule has 0 aromatic heterocycles. The van der Waals surface area contributed by atoms with Crippen molar-refractivity contribution in [1.29, 1.82) is 0 Å². The van der Waals surface area contributed by atoms with Crippen LogP contribution >= 0.6 is 7.82 Å². The van der Waals surface area contributed by atoms with Crippen LogP contribution in [-0.4, -0.2) is 102 Å². The van der Waals surface area contributed by atoms with E-state index in [1.54, 1.807) is 0 Å². The van der Waals surface area contributed by atoms with Crippen LogP contribution in [0.4, 0.5) is 5.69 Å². The first-order valence-corrected chi connectivity index (χ1v) is 9.51. The van der Waals surface area contributed by atoms with Gasteiger partial charge in [0.15, 0.2) is 0 Å². The molecule has 0 radical (unpaired) electrons. The Balaban J connectivity index is -0.000000401. The van der Waals surface area contributed by atoms with Crippen LogP contribution in [0.1, 0.15) is 0 Å². The van der Waals surface area contributed by atoms with Gasteiger partial charge in [-0.1, -0.05) is 0 Å². The summed E-state index contributed by atoms with van der Waals surface area (Å²) < 4.78 is 14.5. The number of hydrogen-bond donors (Lipinski definition) is 10. The Hall–Kier alpha value is -1.79. The largest absolute Gasteiger partial charge is 0.524 e. The number of nitro groups is 1. The van der Waals surface area contributed by atoms with Gasteiger partial charge in [-0.25, -0.2) is 4.57 Å². The molecule has 0 bridgehead atoms. The van der Waals surface area contributed by atoms with Gasteiger partial charge in [-0.3, -0.25) is 19.9 Å². The summed E-state index contributed by atoms with van der Waals surface area (Å²) in [5.74, 6) is -0.121. The maximum absolute atomic E-state index is 10.4. The lowest BCUT2D eigenvalue weighted by Crippen LogP contribution is -2.50. The third kappa shape index (κ3) is 15.6. The fraction of sp³-hybridized carbons (Fsp3) is 0.571. The van der Waals surface area contributed by atoms with Crippen LogP contribution in [0.15, 0.2) is 24.3 Å². The summed E-state index contributed by atoms with van der Waals surface area (Å²) in [4.78, 5) is 26.4. The van der Waals surface area contributed by atoms with Gasteiger partial charge in [-0.15, -0.1) is 0 Å². The molecule has 17 heteroatoms. The average Bonchev–Trinajstić information content (AvgIpc) is 2.72. The van der Waals surface area contributed by atoms with Gasteiger partial charge in [0.25, 0.3) is 5.69 Å². The van der Waals surface area contributed by atoms with Crippen LogP contribution < -0.4 is 16.0 Å². The van der Waals surface area contributed by atoms with Gasteiger partial charge >= 0.3 is 7.82 Å². The minimum absolute atomic E-state index is 0. The molecule has 0 fully saturated rings. The quantitative estimate of drug-likeness (QED) is 0.0907. The van der Waals surface area contributed by atoms with E-state index in [-0.39, 0.29) is 16.9 Å². The van der Waals surface area contributed by atoms with Gasteiger partial charge in [-0.2, -0.15) is 0 Å². The SMILES string of the molecule is NC(CO)(CO)CO.NC(CO)(CO)CO.O.O=[N+]([O-])c1ccc(OP(=O)(O)O)cc1. The van der Waals surface area contributed by atoms with Crippen molar-refractivity contribution in [3.05, 3.63) is 34.4 Å². The van der Waals surface area contributed by atoms with Crippen molar-refractivity contribution in [1.82, 2.24) is 0 Å². The Bertz CT molecular complexity index is 613. The molecule has 1 aromatic carbocycles. The molecule has 1 aromatic rings. The standard InChI is InChI=1S/C6H6NO6P.2C4H11NO3.H2O/c8-7(9)5-1-3-6(4-2-5)13-14(10,11)12;2*5-4(1-6,2-7)3-8;/h1-4H,(H2,10,11,12);2*6-8H,1-3,5H2;1H2. The van der Waals surface area contributed by atoms with Crippen LogP contribution in [0.25, 0.3) is 0 Å². The summed E-state index contributed by atoms with van der Waals surface area (Å²) >= 11 is 0. The van der Waals surface area contributed by atoms with Crippen molar-refractivity contribution in [2.24, 2.45) is 11.5 Å². The highest BCUT2D eigenvalue weighted by Crippen LogP contribution is 2.37. The maximum atomic E-state index is 10.4. The predicted octanol–water partition coefficient (Wildman–Crippen LogP) is -4.44.